The van der Waals surface area contributed by atoms with Gasteiger partial charge in [0.05, 0.1) is 11.3 Å². The summed E-state index contributed by atoms with van der Waals surface area (Å²) in [5, 5.41) is 12.9. The van der Waals surface area contributed by atoms with Crippen molar-refractivity contribution >= 4 is 22.5 Å². The van der Waals surface area contributed by atoms with Gasteiger partial charge in [-0.3, -0.25) is 0 Å². The van der Waals surface area contributed by atoms with Gasteiger partial charge in [-0.1, -0.05) is 72.8 Å². The molecule has 0 fully saturated rings. The molecule has 1 heterocycles. The molecule has 4 aromatic rings. The van der Waals surface area contributed by atoms with Gasteiger partial charge in [0.15, 0.2) is 0 Å². The Morgan fingerprint density at radius 2 is 1.58 bits per heavy atom. The van der Waals surface area contributed by atoms with Crippen molar-refractivity contribution in [1.82, 2.24) is 4.98 Å². The molecule has 0 aliphatic rings. The van der Waals surface area contributed by atoms with Crippen LogP contribution >= 0.6 is 11.8 Å². The van der Waals surface area contributed by atoms with Gasteiger partial charge in [-0.25, -0.2) is 4.98 Å². The van der Waals surface area contributed by atoms with E-state index < -0.39 is 0 Å². The quantitative estimate of drug-likeness (QED) is 0.414. The van der Waals surface area contributed by atoms with E-state index in [9.17, 15) is 5.26 Å². The minimum Gasteiger partial charge on any atom is -0.240 e. The number of nitrogens with zero attached hydrogens (tertiary/aromatic N) is 2. The summed E-state index contributed by atoms with van der Waals surface area (Å²) in [5.41, 5.74) is 4.57. The first-order chi connectivity index (χ1) is 12.8. The molecular weight excluding hydrogens is 336 g/mol. The van der Waals surface area contributed by atoms with E-state index in [2.05, 4.69) is 30.3 Å². The largest absolute Gasteiger partial charge is 0.240 e. The summed E-state index contributed by atoms with van der Waals surface area (Å²) >= 11 is 1.51. The lowest BCUT2D eigenvalue weighted by Crippen LogP contribution is -1.95. The Balaban J connectivity index is 2.05. The van der Waals surface area contributed by atoms with Gasteiger partial charge < -0.3 is 0 Å². The molecule has 2 nitrogen and oxygen atoms in total. The van der Waals surface area contributed by atoms with Crippen LogP contribution in [0.3, 0.4) is 0 Å². The SMILES string of the molecule is CSc1nc(-c2ccccc2)cc(-c2cccc3ccccc23)c1C#N. The number of benzene rings is 3. The molecule has 0 saturated carbocycles. The topological polar surface area (TPSA) is 36.7 Å². The van der Waals surface area contributed by atoms with Gasteiger partial charge in [0.2, 0.25) is 0 Å². The zero-order valence-electron chi connectivity index (χ0n) is 14.3. The van der Waals surface area contributed by atoms with Crippen LogP contribution in [0.4, 0.5) is 0 Å². The van der Waals surface area contributed by atoms with Crippen molar-refractivity contribution in [3.05, 3.63) is 84.4 Å². The molecule has 26 heavy (non-hydrogen) atoms. The van der Waals surface area contributed by atoms with Gasteiger partial charge in [-0.15, -0.1) is 11.8 Å². The van der Waals surface area contributed by atoms with Crippen molar-refractivity contribution in [3.8, 4) is 28.5 Å². The van der Waals surface area contributed by atoms with E-state index in [-0.39, 0.29) is 0 Å². The Morgan fingerprint density at radius 1 is 0.846 bits per heavy atom. The average Bonchev–Trinajstić information content (AvgIpc) is 2.73. The highest BCUT2D eigenvalue weighted by Gasteiger charge is 2.16. The summed E-state index contributed by atoms with van der Waals surface area (Å²) < 4.78 is 0. The summed E-state index contributed by atoms with van der Waals surface area (Å²) in [6, 6.07) is 29.0. The predicted octanol–water partition coefficient (Wildman–Crippen LogP) is 6.16. The third kappa shape index (κ3) is 2.85. The van der Waals surface area contributed by atoms with E-state index in [0.29, 0.717) is 5.56 Å². The number of thioether (sulfide) groups is 1. The molecule has 0 unspecified atom stereocenters. The molecular formula is C23H16N2S. The molecule has 124 valence electrons. The molecule has 1 aromatic heterocycles. The van der Waals surface area contributed by atoms with Crippen LogP contribution in [-0.2, 0) is 0 Å². The highest BCUT2D eigenvalue weighted by Crippen LogP contribution is 2.36. The van der Waals surface area contributed by atoms with Crippen molar-refractivity contribution < 1.29 is 0 Å². The summed E-state index contributed by atoms with van der Waals surface area (Å²) in [4.78, 5) is 4.74. The molecule has 0 amide bonds. The molecule has 0 saturated heterocycles. The van der Waals surface area contributed by atoms with E-state index in [0.717, 1.165) is 38.2 Å². The van der Waals surface area contributed by atoms with Gasteiger partial charge in [-0.2, -0.15) is 5.26 Å². The summed E-state index contributed by atoms with van der Waals surface area (Å²) in [5.74, 6) is 0. The summed E-state index contributed by atoms with van der Waals surface area (Å²) in [6.07, 6.45) is 1.96. The Morgan fingerprint density at radius 3 is 2.35 bits per heavy atom. The molecule has 4 rings (SSSR count). The van der Waals surface area contributed by atoms with Crippen molar-refractivity contribution in [2.75, 3.05) is 6.26 Å². The maximum atomic E-state index is 9.82. The van der Waals surface area contributed by atoms with Gasteiger partial charge in [0.1, 0.15) is 11.1 Å². The minimum atomic E-state index is 0.633. The third-order valence-corrected chi connectivity index (χ3v) is 5.12. The highest BCUT2D eigenvalue weighted by atomic mass is 32.2. The van der Waals surface area contributed by atoms with Crippen LogP contribution in [0.1, 0.15) is 5.56 Å². The van der Waals surface area contributed by atoms with E-state index in [1.165, 1.54) is 11.8 Å². The van der Waals surface area contributed by atoms with Crippen LogP contribution in [0.5, 0.6) is 0 Å². The van der Waals surface area contributed by atoms with Gasteiger partial charge in [-0.05, 0) is 28.7 Å². The van der Waals surface area contributed by atoms with Crippen LogP contribution in [0.15, 0.2) is 83.9 Å². The normalized spacial score (nSPS) is 10.6. The second-order valence-corrected chi connectivity index (χ2v) is 6.74. The second-order valence-electron chi connectivity index (χ2n) is 5.94. The molecule has 3 heteroatoms. The van der Waals surface area contributed by atoms with Gasteiger partial charge in [0, 0.05) is 11.1 Å². The maximum Gasteiger partial charge on any atom is 0.115 e. The summed E-state index contributed by atoms with van der Waals surface area (Å²) in [7, 11) is 0. The number of rotatable bonds is 3. The van der Waals surface area contributed by atoms with Gasteiger partial charge >= 0.3 is 0 Å². The Kier molecular flexibility index (Phi) is 4.43. The van der Waals surface area contributed by atoms with Crippen molar-refractivity contribution in [3.63, 3.8) is 0 Å². The molecule has 0 aliphatic heterocycles. The van der Waals surface area contributed by atoms with Gasteiger partial charge in [0.25, 0.3) is 0 Å². The average molecular weight is 352 g/mol. The second kappa shape index (κ2) is 7.03. The first kappa shape index (κ1) is 16.4. The molecule has 0 bridgehead atoms. The molecule has 0 spiro atoms. The molecule has 0 radical (unpaired) electrons. The maximum absolute atomic E-state index is 9.82. The van der Waals surface area contributed by atoms with E-state index in [4.69, 9.17) is 4.98 Å². The Hall–Kier alpha value is -3.09. The third-order valence-electron chi connectivity index (χ3n) is 4.44. The van der Waals surface area contributed by atoms with Crippen LogP contribution in [0.2, 0.25) is 0 Å². The lowest BCUT2D eigenvalue weighted by molar-refractivity contribution is 1.12. The molecule has 0 aliphatic carbocycles. The lowest BCUT2D eigenvalue weighted by atomic mass is 9.94. The van der Waals surface area contributed by atoms with E-state index in [1.54, 1.807) is 0 Å². The number of aromatic nitrogens is 1. The number of fused-ring (bicyclic) bond motifs is 1. The smallest absolute Gasteiger partial charge is 0.115 e. The van der Waals surface area contributed by atoms with Crippen LogP contribution < -0.4 is 0 Å². The fraction of sp³-hybridized carbons (Fsp3) is 0.0435. The fourth-order valence-electron chi connectivity index (χ4n) is 3.21. The van der Waals surface area contributed by atoms with Crippen LogP contribution in [0.25, 0.3) is 33.2 Å². The number of pyridine rings is 1. The first-order valence-electron chi connectivity index (χ1n) is 8.34. The number of hydrogen-bond acceptors (Lipinski definition) is 3. The fourth-order valence-corrected chi connectivity index (χ4v) is 3.76. The Labute approximate surface area is 157 Å². The van der Waals surface area contributed by atoms with Crippen molar-refractivity contribution in [2.24, 2.45) is 0 Å². The van der Waals surface area contributed by atoms with E-state index in [1.807, 2.05) is 60.9 Å². The Bertz CT molecular complexity index is 1120. The first-order valence-corrected chi connectivity index (χ1v) is 9.57. The zero-order chi connectivity index (χ0) is 17.9. The number of hydrogen-bond donors (Lipinski definition) is 0. The van der Waals surface area contributed by atoms with Crippen LogP contribution in [0, 0.1) is 11.3 Å². The molecule has 0 N–H and O–H groups in total. The lowest BCUT2D eigenvalue weighted by Gasteiger charge is -2.13. The monoisotopic (exact) mass is 352 g/mol. The van der Waals surface area contributed by atoms with Crippen molar-refractivity contribution in [2.45, 2.75) is 5.03 Å². The minimum absolute atomic E-state index is 0.633. The highest BCUT2D eigenvalue weighted by molar-refractivity contribution is 7.98. The van der Waals surface area contributed by atoms with Crippen LogP contribution in [-0.4, -0.2) is 11.2 Å². The standard InChI is InChI=1S/C23H16N2S/c1-26-23-21(15-24)20(14-22(25-23)17-9-3-2-4-10-17)19-13-7-11-16-8-5-6-12-18(16)19/h2-14H,1H3. The predicted molar refractivity (Wildman–Crippen MR) is 109 cm³/mol. The van der Waals surface area contributed by atoms with Crippen molar-refractivity contribution in [1.29, 1.82) is 5.26 Å². The van der Waals surface area contributed by atoms with E-state index >= 15 is 0 Å². The molecule has 0 atom stereocenters. The zero-order valence-corrected chi connectivity index (χ0v) is 15.1. The number of nitriles is 1. The molecule has 3 aromatic carbocycles. The summed E-state index contributed by atoms with van der Waals surface area (Å²) in [6.45, 7) is 0.